The standard InChI is InChI=1S/C22H44N2O3/c1-5-6-7-8-9-10-11-12-13-14-15-16-17-21(25)23-20(18-22(26)27)19-24(2,3)4/h20H,5-19H2,1-4H3,(H-,23,25,26,27)/p+1. The molecule has 0 aliphatic heterocycles. The monoisotopic (exact) mass is 385 g/mol. The Morgan fingerprint density at radius 1 is 0.815 bits per heavy atom. The number of aliphatic carboxylic acids is 1. The third kappa shape index (κ3) is 19.5. The van der Waals surface area contributed by atoms with Gasteiger partial charge in [0.05, 0.1) is 40.2 Å². The normalized spacial score (nSPS) is 12.7. The molecule has 0 radical (unpaired) electrons. The van der Waals surface area contributed by atoms with Crippen molar-refractivity contribution in [2.75, 3.05) is 27.7 Å². The Labute approximate surface area is 167 Å². The zero-order valence-electron chi connectivity index (χ0n) is 18.4. The van der Waals surface area contributed by atoms with Crippen molar-refractivity contribution in [3.8, 4) is 0 Å². The van der Waals surface area contributed by atoms with Crippen molar-refractivity contribution < 1.29 is 19.2 Å². The minimum absolute atomic E-state index is 0.0122. The van der Waals surface area contributed by atoms with Gasteiger partial charge >= 0.3 is 5.97 Å². The van der Waals surface area contributed by atoms with Crippen molar-refractivity contribution in [1.29, 1.82) is 0 Å². The van der Waals surface area contributed by atoms with Crippen molar-refractivity contribution in [3.05, 3.63) is 0 Å². The van der Waals surface area contributed by atoms with Crippen LogP contribution < -0.4 is 5.32 Å². The molecule has 0 spiro atoms. The third-order valence-corrected chi connectivity index (χ3v) is 4.81. The van der Waals surface area contributed by atoms with Crippen LogP contribution in [0.1, 0.15) is 96.8 Å². The molecule has 0 saturated carbocycles. The number of carboxylic acid groups (broad SMARTS) is 1. The Morgan fingerprint density at radius 2 is 1.26 bits per heavy atom. The summed E-state index contributed by atoms with van der Waals surface area (Å²) in [5.41, 5.74) is 0. The van der Waals surface area contributed by atoms with Crippen LogP contribution in [-0.4, -0.2) is 55.2 Å². The van der Waals surface area contributed by atoms with E-state index in [2.05, 4.69) is 12.2 Å². The first-order valence-electron chi connectivity index (χ1n) is 11.1. The maximum Gasteiger partial charge on any atom is 0.305 e. The largest absolute Gasteiger partial charge is 0.481 e. The number of carboxylic acids is 1. The second-order valence-corrected chi connectivity index (χ2v) is 8.97. The van der Waals surface area contributed by atoms with E-state index >= 15 is 0 Å². The number of carbonyl (C=O) groups is 2. The Bertz CT molecular complexity index is 392. The smallest absolute Gasteiger partial charge is 0.305 e. The van der Waals surface area contributed by atoms with Crippen LogP contribution in [0.4, 0.5) is 0 Å². The van der Waals surface area contributed by atoms with E-state index in [-0.39, 0.29) is 18.4 Å². The van der Waals surface area contributed by atoms with Crippen molar-refractivity contribution in [3.63, 3.8) is 0 Å². The summed E-state index contributed by atoms with van der Waals surface area (Å²) >= 11 is 0. The molecule has 5 heteroatoms. The van der Waals surface area contributed by atoms with Gasteiger partial charge in [0.15, 0.2) is 0 Å². The molecule has 0 aliphatic carbocycles. The number of amides is 1. The van der Waals surface area contributed by atoms with E-state index in [0.29, 0.717) is 17.4 Å². The summed E-state index contributed by atoms with van der Waals surface area (Å²) < 4.78 is 0.636. The molecule has 0 saturated heterocycles. The van der Waals surface area contributed by atoms with Crippen LogP contribution in [0.25, 0.3) is 0 Å². The van der Waals surface area contributed by atoms with Gasteiger partial charge in [-0.3, -0.25) is 9.59 Å². The molecule has 0 aliphatic rings. The van der Waals surface area contributed by atoms with Crippen molar-refractivity contribution in [2.45, 2.75) is 103 Å². The van der Waals surface area contributed by atoms with Gasteiger partial charge in [-0.05, 0) is 6.42 Å². The molecular formula is C22H45N2O3+. The quantitative estimate of drug-likeness (QED) is 0.264. The fraction of sp³-hybridized carbons (Fsp3) is 0.909. The van der Waals surface area contributed by atoms with Gasteiger partial charge in [0.1, 0.15) is 0 Å². The molecule has 0 heterocycles. The number of carbonyl (C=O) groups excluding carboxylic acids is 1. The van der Waals surface area contributed by atoms with Crippen LogP contribution in [0.2, 0.25) is 0 Å². The number of quaternary nitrogens is 1. The molecule has 5 nitrogen and oxygen atoms in total. The van der Waals surface area contributed by atoms with E-state index in [1.165, 1.54) is 64.2 Å². The van der Waals surface area contributed by atoms with Crippen LogP contribution in [-0.2, 0) is 9.59 Å². The first-order valence-corrected chi connectivity index (χ1v) is 11.1. The van der Waals surface area contributed by atoms with Crippen LogP contribution in [0.3, 0.4) is 0 Å². The molecule has 2 N–H and O–H groups in total. The van der Waals surface area contributed by atoms with Gasteiger partial charge in [-0.15, -0.1) is 0 Å². The zero-order valence-corrected chi connectivity index (χ0v) is 18.4. The number of nitrogens with one attached hydrogen (secondary N) is 1. The summed E-state index contributed by atoms with van der Waals surface area (Å²) in [6.45, 7) is 2.87. The summed E-state index contributed by atoms with van der Waals surface area (Å²) in [6, 6.07) is -0.299. The van der Waals surface area contributed by atoms with E-state index in [1.54, 1.807) is 0 Å². The predicted octanol–water partition coefficient (Wildman–Crippen LogP) is 4.74. The topological polar surface area (TPSA) is 66.4 Å². The van der Waals surface area contributed by atoms with Gasteiger partial charge < -0.3 is 14.9 Å². The molecule has 160 valence electrons. The van der Waals surface area contributed by atoms with Crippen molar-refractivity contribution in [1.82, 2.24) is 5.32 Å². The third-order valence-electron chi connectivity index (χ3n) is 4.81. The summed E-state index contributed by atoms with van der Waals surface area (Å²) in [5, 5.41) is 11.9. The Hall–Kier alpha value is -1.10. The Kier molecular flexibility index (Phi) is 15.3. The van der Waals surface area contributed by atoms with Gasteiger partial charge in [-0.2, -0.15) is 0 Å². The van der Waals surface area contributed by atoms with E-state index in [9.17, 15) is 9.59 Å². The second-order valence-electron chi connectivity index (χ2n) is 8.97. The number of likely N-dealkylation sites (N-methyl/N-ethyl adjacent to an activating group) is 1. The first kappa shape index (κ1) is 25.9. The highest BCUT2D eigenvalue weighted by Crippen LogP contribution is 2.12. The molecule has 27 heavy (non-hydrogen) atoms. The molecule has 0 fully saturated rings. The van der Waals surface area contributed by atoms with E-state index in [1.807, 2.05) is 21.1 Å². The average molecular weight is 386 g/mol. The van der Waals surface area contributed by atoms with Crippen molar-refractivity contribution >= 4 is 11.9 Å². The minimum Gasteiger partial charge on any atom is -0.481 e. The number of hydrogen-bond donors (Lipinski definition) is 2. The summed E-state index contributed by atoms with van der Waals surface area (Å²) in [5.74, 6) is -0.874. The molecule has 0 aromatic carbocycles. The SMILES string of the molecule is CCCCCCCCCCCCCCC(=O)NC(CC(=O)O)C[N+](C)(C)C. The molecule has 0 aromatic rings. The Morgan fingerprint density at radius 3 is 1.67 bits per heavy atom. The first-order chi connectivity index (χ1) is 12.7. The number of unbranched alkanes of at least 4 members (excludes halogenated alkanes) is 11. The fourth-order valence-corrected chi connectivity index (χ4v) is 3.46. The molecule has 0 bridgehead atoms. The lowest BCUT2D eigenvalue weighted by molar-refractivity contribution is -0.871. The lowest BCUT2D eigenvalue weighted by Crippen LogP contribution is -2.49. The predicted molar refractivity (Wildman–Crippen MR) is 113 cm³/mol. The maximum atomic E-state index is 12.1. The van der Waals surface area contributed by atoms with Gasteiger partial charge in [0.2, 0.25) is 5.91 Å². The van der Waals surface area contributed by atoms with E-state index in [0.717, 1.165) is 12.8 Å². The number of rotatable bonds is 18. The van der Waals surface area contributed by atoms with E-state index in [4.69, 9.17) is 5.11 Å². The second kappa shape index (κ2) is 15.9. The number of hydrogen-bond acceptors (Lipinski definition) is 2. The highest BCUT2D eigenvalue weighted by molar-refractivity contribution is 5.77. The fourth-order valence-electron chi connectivity index (χ4n) is 3.46. The lowest BCUT2D eigenvalue weighted by atomic mass is 10.0. The molecule has 1 atom stereocenters. The van der Waals surface area contributed by atoms with Gasteiger partial charge in [0, 0.05) is 6.42 Å². The van der Waals surface area contributed by atoms with Crippen LogP contribution in [0.5, 0.6) is 0 Å². The van der Waals surface area contributed by atoms with E-state index < -0.39 is 5.97 Å². The van der Waals surface area contributed by atoms with Crippen LogP contribution in [0.15, 0.2) is 0 Å². The molecule has 0 rings (SSSR count). The highest BCUT2D eigenvalue weighted by Gasteiger charge is 2.22. The highest BCUT2D eigenvalue weighted by atomic mass is 16.4. The minimum atomic E-state index is -0.862. The summed E-state index contributed by atoms with van der Waals surface area (Å²) in [4.78, 5) is 23.1. The van der Waals surface area contributed by atoms with Crippen molar-refractivity contribution in [2.24, 2.45) is 0 Å². The zero-order chi connectivity index (χ0) is 20.5. The number of nitrogens with zero attached hydrogens (tertiary/aromatic N) is 1. The lowest BCUT2D eigenvalue weighted by Gasteiger charge is -2.29. The molecule has 0 aromatic heterocycles. The van der Waals surface area contributed by atoms with Crippen LogP contribution >= 0.6 is 0 Å². The van der Waals surface area contributed by atoms with Crippen LogP contribution in [0, 0.1) is 0 Å². The maximum absolute atomic E-state index is 12.1. The van der Waals surface area contributed by atoms with Gasteiger partial charge in [-0.25, -0.2) is 0 Å². The summed E-state index contributed by atoms with van der Waals surface area (Å²) in [6.07, 6.45) is 15.8. The van der Waals surface area contributed by atoms with Gasteiger partial charge in [0.25, 0.3) is 0 Å². The molecular weight excluding hydrogens is 340 g/mol. The molecule has 1 unspecified atom stereocenters. The molecule has 1 amide bonds. The average Bonchev–Trinajstić information content (AvgIpc) is 2.53. The van der Waals surface area contributed by atoms with Gasteiger partial charge in [-0.1, -0.05) is 77.6 Å². The Balaban J connectivity index is 3.67. The summed E-state index contributed by atoms with van der Waals surface area (Å²) in [7, 11) is 6.02.